The lowest BCUT2D eigenvalue weighted by Crippen LogP contribution is -1.99. The molecule has 1 aromatic heterocycles. The molecular formula is C12H20O. The van der Waals surface area contributed by atoms with E-state index in [1.165, 1.54) is 12.8 Å². The summed E-state index contributed by atoms with van der Waals surface area (Å²) in [6.07, 6.45) is 2.48. The van der Waals surface area contributed by atoms with Gasteiger partial charge in [0.05, 0.1) is 0 Å². The zero-order valence-corrected chi connectivity index (χ0v) is 9.13. The van der Waals surface area contributed by atoms with Gasteiger partial charge in [-0.2, -0.15) is 0 Å². The highest BCUT2D eigenvalue weighted by molar-refractivity contribution is 5.09. The van der Waals surface area contributed by atoms with Crippen LogP contribution in [-0.4, -0.2) is 0 Å². The highest BCUT2D eigenvalue weighted by Gasteiger charge is 2.12. The van der Waals surface area contributed by atoms with Gasteiger partial charge in [0.1, 0.15) is 11.5 Å². The summed E-state index contributed by atoms with van der Waals surface area (Å²) in [5.74, 6) is 3.51. The lowest BCUT2D eigenvalue weighted by molar-refractivity contribution is 0.397. The van der Waals surface area contributed by atoms with Gasteiger partial charge in [0.15, 0.2) is 0 Å². The van der Waals surface area contributed by atoms with Crippen molar-refractivity contribution in [2.75, 3.05) is 0 Å². The van der Waals surface area contributed by atoms with E-state index in [1.807, 2.05) is 13.0 Å². The summed E-state index contributed by atoms with van der Waals surface area (Å²) >= 11 is 0. The molecule has 1 rings (SSSR count). The van der Waals surface area contributed by atoms with Gasteiger partial charge < -0.3 is 4.42 Å². The molecular weight excluding hydrogens is 160 g/mol. The Kier molecular flexibility index (Phi) is 3.58. The summed E-state index contributed by atoms with van der Waals surface area (Å²) in [6.45, 7) is 8.78. The molecule has 0 aromatic carbocycles. The molecule has 0 bridgehead atoms. The number of hydrogen-bond donors (Lipinski definition) is 0. The highest BCUT2D eigenvalue weighted by Crippen LogP contribution is 2.25. The van der Waals surface area contributed by atoms with Crippen molar-refractivity contribution < 1.29 is 4.42 Å². The van der Waals surface area contributed by atoms with Gasteiger partial charge >= 0.3 is 0 Å². The Morgan fingerprint density at radius 3 is 2.46 bits per heavy atom. The fourth-order valence-electron chi connectivity index (χ4n) is 1.60. The average molecular weight is 180 g/mol. The Labute approximate surface area is 81.1 Å². The number of aryl methyl sites for hydroxylation is 1. The Morgan fingerprint density at radius 1 is 1.31 bits per heavy atom. The fraction of sp³-hybridized carbons (Fsp3) is 0.667. The first kappa shape index (κ1) is 10.4. The molecule has 0 aliphatic heterocycles. The van der Waals surface area contributed by atoms with E-state index >= 15 is 0 Å². The van der Waals surface area contributed by atoms with E-state index in [0.717, 1.165) is 17.4 Å². The van der Waals surface area contributed by atoms with Gasteiger partial charge in [-0.15, -0.1) is 0 Å². The van der Waals surface area contributed by atoms with Crippen LogP contribution in [0.4, 0.5) is 0 Å². The molecule has 1 heterocycles. The van der Waals surface area contributed by atoms with Crippen molar-refractivity contribution >= 4 is 0 Å². The van der Waals surface area contributed by atoms with Crippen LogP contribution in [0.5, 0.6) is 0 Å². The molecule has 0 aliphatic rings. The second-order valence-electron chi connectivity index (χ2n) is 4.10. The Hall–Kier alpha value is -0.720. The third-order valence-electron chi connectivity index (χ3n) is 2.70. The van der Waals surface area contributed by atoms with Crippen molar-refractivity contribution in [3.63, 3.8) is 0 Å². The standard InChI is InChI=1S/C12H20O/c1-5-9(2)8-10(3)12-7-6-11(4)13-12/h6-7,9-10H,5,8H2,1-4H3/t9?,10-/m0/s1. The van der Waals surface area contributed by atoms with Crippen LogP contribution in [0, 0.1) is 12.8 Å². The molecule has 0 fully saturated rings. The minimum atomic E-state index is 0.559. The first-order valence-electron chi connectivity index (χ1n) is 5.19. The van der Waals surface area contributed by atoms with Crippen molar-refractivity contribution in [2.24, 2.45) is 5.92 Å². The van der Waals surface area contributed by atoms with E-state index in [4.69, 9.17) is 4.42 Å². The Bertz CT molecular complexity index is 249. The van der Waals surface area contributed by atoms with E-state index in [0.29, 0.717) is 5.92 Å². The molecule has 0 N–H and O–H groups in total. The summed E-state index contributed by atoms with van der Waals surface area (Å²) in [4.78, 5) is 0. The molecule has 1 heteroatoms. The van der Waals surface area contributed by atoms with E-state index in [2.05, 4.69) is 26.8 Å². The van der Waals surface area contributed by atoms with Crippen LogP contribution < -0.4 is 0 Å². The number of furan rings is 1. The molecule has 0 saturated carbocycles. The van der Waals surface area contributed by atoms with Gasteiger partial charge in [0, 0.05) is 5.92 Å². The van der Waals surface area contributed by atoms with Gasteiger partial charge in [0.2, 0.25) is 0 Å². The Balaban J connectivity index is 2.53. The van der Waals surface area contributed by atoms with Crippen LogP contribution in [-0.2, 0) is 0 Å². The molecule has 13 heavy (non-hydrogen) atoms. The van der Waals surface area contributed by atoms with E-state index in [9.17, 15) is 0 Å². The first-order chi connectivity index (χ1) is 6.13. The maximum Gasteiger partial charge on any atom is 0.106 e. The van der Waals surface area contributed by atoms with Crippen LogP contribution in [0.25, 0.3) is 0 Å². The second-order valence-corrected chi connectivity index (χ2v) is 4.10. The zero-order chi connectivity index (χ0) is 9.84. The molecule has 0 radical (unpaired) electrons. The summed E-state index contributed by atoms with van der Waals surface area (Å²) < 4.78 is 5.59. The molecule has 1 aromatic rings. The molecule has 0 saturated heterocycles. The third kappa shape index (κ3) is 2.91. The topological polar surface area (TPSA) is 13.1 Å². The van der Waals surface area contributed by atoms with Gasteiger partial charge in [-0.3, -0.25) is 0 Å². The molecule has 1 unspecified atom stereocenters. The van der Waals surface area contributed by atoms with E-state index in [1.54, 1.807) is 0 Å². The maximum atomic E-state index is 5.59. The van der Waals surface area contributed by atoms with Gasteiger partial charge in [-0.1, -0.05) is 27.2 Å². The maximum absolute atomic E-state index is 5.59. The number of rotatable bonds is 4. The molecule has 0 aliphatic carbocycles. The van der Waals surface area contributed by atoms with Gasteiger partial charge in [-0.05, 0) is 31.4 Å². The van der Waals surface area contributed by atoms with Crippen LogP contribution in [0.15, 0.2) is 16.5 Å². The lowest BCUT2D eigenvalue weighted by atomic mass is 9.94. The summed E-state index contributed by atoms with van der Waals surface area (Å²) in [7, 11) is 0. The predicted octanol–water partition coefficient (Wildman–Crippen LogP) is 4.13. The van der Waals surface area contributed by atoms with Crippen molar-refractivity contribution in [2.45, 2.75) is 46.5 Å². The summed E-state index contributed by atoms with van der Waals surface area (Å²) in [5, 5.41) is 0. The zero-order valence-electron chi connectivity index (χ0n) is 9.13. The van der Waals surface area contributed by atoms with Crippen molar-refractivity contribution in [1.29, 1.82) is 0 Å². The van der Waals surface area contributed by atoms with Crippen LogP contribution in [0.1, 0.15) is 51.1 Å². The molecule has 0 amide bonds. The Morgan fingerprint density at radius 2 is 2.00 bits per heavy atom. The lowest BCUT2D eigenvalue weighted by Gasteiger charge is -2.13. The van der Waals surface area contributed by atoms with E-state index < -0.39 is 0 Å². The van der Waals surface area contributed by atoms with Crippen molar-refractivity contribution in [1.82, 2.24) is 0 Å². The molecule has 2 atom stereocenters. The SMILES string of the molecule is CCC(C)C[C@H](C)c1ccc(C)o1. The minimum Gasteiger partial charge on any atom is -0.466 e. The quantitative estimate of drug-likeness (QED) is 0.679. The normalized spacial score (nSPS) is 15.7. The largest absolute Gasteiger partial charge is 0.466 e. The first-order valence-corrected chi connectivity index (χ1v) is 5.19. The summed E-state index contributed by atoms with van der Waals surface area (Å²) in [6, 6.07) is 4.14. The minimum absolute atomic E-state index is 0.559. The fourth-order valence-corrected chi connectivity index (χ4v) is 1.60. The molecule has 74 valence electrons. The number of hydrogen-bond acceptors (Lipinski definition) is 1. The second kappa shape index (κ2) is 4.50. The summed E-state index contributed by atoms with van der Waals surface area (Å²) in [5.41, 5.74) is 0. The highest BCUT2D eigenvalue weighted by atomic mass is 16.3. The van der Waals surface area contributed by atoms with Crippen molar-refractivity contribution in [3.8, 4) is 0 Å². The average Bonchev–Trinajstić information content (AvgIpc) is 2.51. The molecule has 0 spiro atoms. The van der Waals surface area contributed by atoms with Crippen LogP contribution in [0.3, 0.4) is 0 Å². The molecule has 1 nitrogen and oxygen atoms in total. The monoisotopic (exact) mass is 180 g/mol. The predicted molar refractivity (Wildman–Crippen MR) is 55.9 cm³/mol. The van der Waals surface area contributed by atoms with Crippen molar-refractivity contribution in [3.05, 3.63) is 23.7 Å². The smallest absolute Gasteiger partial charge is 0.106 e. The van der Waals surface area contributed by atoms with E-state index in [-0.39, 0.29) is 0 Å². The van der Waals surface area contributed by atoms with Crippen LogP contribution in [0.2, 0.25) is 0 Å². The van der Waals surface area contributed by atoms with Gasteiger partial charge in [0.25, 0.3) is 0 Å². The van der Waals surface area contributed by atoms with Crippen LogP contribution >= 0.6 is 0 Å². The van der Waals surface area contributed by atoms with Gasteiger partial charge in [-0.25, -0.2) is 0 Å². The third-order valence-corrected chi connectivity index (χ3v) is 2.70.